The summed E-state index contributed by atoms with van der Waals surface area (Å²) in [6.07, 6.45) is 0.793. The Balaban J connectivity index is 2.49. The van der Waals surface area contributed by atoms with Gasteiger partial charge in [0.1, 0.15) is 6.04 Å². The highest BCUT2D eigenvalue weighted by atomic mass is 16.5. The van der Waals surface area contributed by atoms with Crippen LogP contribution in [0.5, 0.6) is 0 Å². The summed E-state index contributed by atoms with van der Waals surface area (Å²) in [5.74, 6) is -1.85. The van der Waals surface area contributed by atoms with Crippen molar-refractivity contribution >= 4 is 29.4 Å². The quantitative estimate of drug-likeness (QED) is 0.602. The van der Waals surface area contributed by atoms with Crippen LogP contribution in [0.15, 0.2) is 24.3 Å². The summed E-state index contributed by atoms with van der Waals surface area (Å²) in [5.41, 5.74) is 0.653. The molecule has 0 aliphatic carbocycles. The van der Waals surface area contributed by atoms with Gasteiger partial charge >= 0.3 is 5.97 Å². The first-order valence-corrected chi connectivity index (χ1v) is 7.95. The number of carbonyl (C=O) groups excluding carboxylic acids is 4. The van der Waals surface area contributed by atoms with Crippen molar-refractivity contribution in [3.05, 3.63) is 29.8 Å². The second-order valence-corrected chi connectivity index (χ2v) is 5.42. The van der Waals surface area contributed by atoms with E-state index in [1.807, 2.05) is 6.92 Å². The molecule has 0 aromatic heterocycles. The first-order chi connectivity index (χ1) is 11.8. The minimum absolute atomic E-state index is 0.202. The maximum atomic E-state index is 12.0. The minimum atomic E-state index is -0.721. The minimum Gasteiger partial charge on any atom is -0.452 e. The van der Waals surface area contributed by atoms with Crippen LogP contribution in [0.2, 0.25) is 0 Å². The van der Waals surface area contributed by atoms with Crippen LogP contribution in [0.1, 0.15) is 37.6 Å². The molecule has 1 aromatic carbocycles. The molecule has 1 aromatic rings. The Morgan fingerprint density at radius 2 is 1.92 bits per heavy atom. The molecule has 0 aliphatic heterocycles. The Morgan fingerprint density at radius 1 is 1.20 bits per heavy atom. The predicted octanol–water partition coefficient (Wildman–Crippen LogP) is 0.833. The fourth-order valence-electron chi connectivity index (χ4n) is 1.89. The number of rotatable bonds is 8. The zero-order valence-electron chi connectivity index (χ0n) is 14.5. The van der Waals surface area contributed by atoms with Gasteiger partial charge in [0.15, 0.2) is 6.61 Å². The van der Waals surface area contributed by atoms with Gasteiger partial charge < -0.3 is 20.7 Å². The smallest absolute Gasteiger partial charge is 0.338 e. The van der Waals surface area contributed by atoms with Crippen LogP contribution in [0.4, 0.5) is 5.69 Å². The van der Waals surface area contributed by atoms with Crippen LogP contribution in [0.25, 0.3) is 0 Å². The molecule has 0 bridgehead atoms. The van der Waals surface area contributed by atoms with Gasteiger partial charge in [-0.25, -0.2) is 4.79 Å². The number of esters is 1. The van der Waals surface area contributed by atoms with Gasteiger partial charge in [0.25, 0.3) is 5.91 Å². The zero-order valence-corrected chi connectivity index (χ0v) is 14.5. The van der Waals surface area contributed by atoms with Gasteiger partial charge in [-0.1, -0.05) is 13.0 Å². The van der Waals surface area contributed by atoms with Crippen molar-refractivity contribution in [3.63, 3.8) is 0 Å². The van der Waals surface area contributed by atoms with E-state index in [9.17, 15) is 19.2 Å². The zero-order chi connectivity index (χ0) is 18.8. The van der Waals surface area contributed by atoms with Gasteiger partial charge in [0.05, 0.1) is 5.56 Å². The third-order valence-corrected chi connectivity index (χ3v) is 3.07. The molecular weight excluding hydrogens is 326 g/mol. The fourth-order valence-corrected chi connectivity index (χ4v) is 1.89. The summed E-state index contributed by atoms with van der Waals surface area (Å²) < 4.78 is 4.92. The number of hydrogen-bond donors (Lipinski definition) is 3. The highest BCUT2D eigenvalue weighted by Gasteiger charge is 2.16. The third-order valence-electron chi connectivity index (χ3n) is 3.07. The normalized spacial score (nSPS) is 11.2. The van der Waals surface area contributed by atoms with Crippen molar-refractivity contribution in [1.29, 1.82) is 0 Å². The van der Waals surface area contributed by atoms with Crippen molar-refractivity contribution < 1.29 is 23.9 Å². The Bertz CT molecular complexity index is 645. The van der Waals surface area contributed by atoms with Crippen LogP contribution in [-0.2, 0) is 19.1 Å². The Hall–Kier alpha value is -2.90. The molecule has 3 N–H and O–H groups in total. The summed E-state index contributed by atoms with van der Waals surface area (Å²) in [7, 11) is 0. The number of anilines is 1. The highest BCUT2D eigenvalue weighted by molar-refractivity contribution is 5.95. The number of benzene rings is 1. The third kappa shape index (κ3) is 7.47. The van der Waals surface area contributed by atoms with E-state index in [0.717, 1.165) is 6.42 Å². The average Bonchev–Trinajstić information content (AvgIpc) is 2.57. The maximum Gasteiger partial charge on any atom is 0.338 e. The largest absolute Gasteiger partial charge is 0.452 e. The van der Waals surface area contributed by atoms with Crippen LogP contribution in [0, 0.1) is 0 Å². The molecule has 1 atom stereocenters. The van der Waals surface area contributed by atoms with Gasteiger partial charge in [-0.05, 0) is 31.5 Å². The van der Waals surface area contributed by atoms with Crippen molar-refractivity contribution in [2.75, 3.05) is 18.5 Å². The Labute approximate surface area is 146 Å². The first kappa shape index (κ1) is 20.1. The summed E-state index contributed by atoms with van der Waals surface area (Å²) in [4.78, 5) is 46.4. The van der Waals surface area contributed by atoms with Gasteiger partial charge in [-0.3, -0.25) is 14.4 Å². The van der Waals surface area contributed by atoms with Gasteiger partial charge in [0, 0.05) is 19.2 Å². The van der Waals surface area contributed by atoms with Crippen LogP contribution in [0.3, 0.4) is 0 Å². The molecule has 0 saturated carbocycles. The molecule has 8 heteroatoms. The second-order valence-electron chi connectivity index (χ2n) is 5.42. The number of carbonyl (C=O) groups is 4. The lowest BCUT2D eigenvalue weighted by Crippen LogP contribution is -2.46. The summed E-state index contributed by atoms with van der Waals surface area (Å²) in [6, 6.07) is 5.44. The van der Waals surface area contributed by atoms with Crippen LogP contribution >= 0.6 is 0 Å². The molecule has 0 aliphatic rings. The van der Waals surface area contributed by atoms with Crippen molar-refractivity contribution in [3.8, 4) is 0 Å². The summed E-state index contributed by atoms with van der Waals surface area (Å²) in [6.45, 7) is 4.84. The van der Waals surface area contributed by atoms with Crippen molar-refractivity contribution in [1.82, 2.24) is 10.6 Å². The molecule has 0 unspecified atom stereocenters. The first-order valence-electron chi connectivity index (χ1n) is 7.95. The van der Waals surface area contributed by atoms with E-state index in [0.29, 0.717) is 12.2 Å². The van der Waals surface area contributed by atoms with Crippen LogP contribution < -0.4 is 16.0 Å². The highest BCUT2D eigenvalue weighted by Crippen LogP contribution is 2.11. The standard InChI is InChI=1S/C17H23N3O5/c1-4-8-18-16(23)11(2)19-15(22)10-25-17(24)13-6-5-7-14(9-13)20-12(3)21/h5-7,9,11H,4,8,10H2,1-3H3,(H,18,23)(H,19,22)(H,20,21)/t11-/m0/s1. The molecule has 25 heavy (non-hydrogen) atoms. The van der Waals surface area contributed by atoms with E-state index in [4.69, 9.17) is 4.74 Å². The van der Waals surface area contributed by atoms with E-state index in [-0.39, 0.29) is 17.4 Å². The van der Waals surface area contributed by atoms with E-state index < -0.39 is 24.5 Å². The molecular formula is C17H23N3O5. The van der Waals surface area contributed by atoms with Gasteiger partial charge in [-0.15, -0.1) is 0 Å². The van der Waals surface area contributed by atoms with Crippen LogP contribution in [-0.4, -0.2) is 42.9 Å². The van der Waals surface area contributed by atoms with Crippen molar-refractivity contribution in [2.45, 2.75) is 33.2 Å². The molecule has 0 spiro atoms. The number of hydrogen-bond acceptors (Lipinski definition) is 5. The molecule has 3 amide bonds. The summed E-state index contributed by atoms with van der Waals surface area (Å²) >= 11 is 0. The van der Waals surface area contributed by atoms with Crippen molar-refractivity contribution in [2.24, 2.45) is 0 Å². The average molecular weight is 349 g/mol. The predicted molar refractivity (Wildman–Crippen MR) is 91.9 cm³/mol. The molecule has 8 nitrogen and oxygen atoms in total. The number of amides is 3. The Kier molecular flexibility index (Phi) is 8.11. The molecule has 0 radical (unpaired) electrons. The lowest BCUT2D eigenvalue weighted by Gasteiger charge is -2.14. The van der Waals surface area contributed by atoms with E-state index in [1.165, 1.54) is 19.1 Å². The second kappa shape index (κ2) is 10.1. The molecule has 0 heterocycles. The van der Waals surface area contributed by atoms with Gasteiger partial charge in [-0.2, -0.15) is 0 Å². The number of ether oxygens (including phenoxy) is 1. The topological polar surface area (TPSA) is 114 Å². The molecule has 0 saturated heterocycles. The van der Waals surface area contributed by atoms with E-state index in [1.54, 1.807) is 19.1 Å². The van der Waals surface area contributed by atoms with E-state index in [2.05, 4.69) is 16.0 Å². The van der Waals surface area contributed by atoms with Gasteiger partial charge in [0.2, 0.25) is 11.8 Å². The molecule has 1 rings (SSSR count). The monoisotopic (exact) mass is 349 g/mol. The van der Waals surface area contributed by atoms with E-state index >= 15 is 0 Å². The maximum absolute atomic E-state index is 12.0. The molecule has 0 fully saturated rings. The fraction of sp³-hybridized carbons (Fsp3) is 0.412. The molecule has 136 valence electrons. The SMILES string of the molecule is CCCNC(=O)[C@H](C)NC(=O)COC(=O)c1cccc(NC(C)=O)c1. The Morgan fingerprint density at radius 3 is 2.56 bits per heavy atom. The number of nitrogens with one attached hydrogen (secondary N) is 3. The lowest BCUT2D eigenvalue weighted by atomic mass is 10.2. The lowest BCUT2D eigenvalue weighted by molar-refractivity contribution is -0.130. The summed E-state index contributed by atoms with van der Waals surface area (Å²) in [5, 5.41) is 7.65.